The van der Waals surface area contributed by atoms with Crippen LogP contribution in [0.2, 0.25) is 0 Å². The molecule has 20 heavy (non-hydrogen) atoms. The fourth-order valence-corrected chi connectivity index (χ4v) is 4.49. The molecular formula is C18H33NO. The van der Waals surface area contributed by atoms with Crippen molar-refractivity contribution in [3.8, 4) is 0 Å². The minimum absolute atomic E-state index is 0.0953. The summed E-state index contributed by atoms with van der Waals surface area (Å²) >= 11 is 0. The van der Waals surface area contributed by atoms with Gasteiger partial charge in [-0.25, -0.2) is 0 Å². The highest BCUT2D eigenvalue weighted by atomic mass is 16.3. The summed E-state index contributed by atoms with van der Waals surface area (Å²) < 4.78 is 0. The van der Waals surface area contributed by atoms with Crippen molar-refractivity contribution in [2.45, 2.75) is 65.5 Å². The topological polar surface area (TPSA) is 23.5 Å². The SMILES string of the molecule is C=C(C)[C@H]1CN(C(C)(C)[C@@H]2CC[C@@H](C)C[C@H]2O)C[C@H]1C. The highest BCUT2D eigenvalue weighted by Crippen LogP contribution is 2.42. The fraction of sp³-hybridized carbons (Fsp3) is 0.889. The Balaban J connectivity index is 2.09. The summed E-state index contributed by atoms with van der Waals surface area (Å²) in [6, 6.07) is 0. The van der Waals surface area contributed by atoms with Crippen LogP contribution in [-0.4, -0.2) is 34.7 Å². The standard InChI is InChI=1S/C18H33NO/c1-12(2)15-11-19(10-14(15)4)18(5,6)16-8-7-13(3)9-17(16)20/h13-17,20H,1,7-11H2,2-6H3/t13-,14-,15-,16-,17-/m1/s1. The van der Waals surface area contributed by atoms with E-state index in [2.05, 4.69) is 46.1 Å². The van der Waals surface area contributed by atoms with Crippen LogP contribution in [-0.2, 0) is 0 Å². The summed E-state index contributed by atoms with van der Waals surface area (Å²) in [5.74, 6) is 2.40. The molecule has 1 aliphatic carbocycles. The number of hydrogen-bond donors (Lipinski definition) is 1. The maximum Gasteiger partial charge on any atom is 0.0588 e. The molecular weight excluding hydrogens is 246 g/mol. The van der Waals surface area contributed by atoms with Gasteiger partial charge in [-0.15, -0.1) is 0 Å². The first-order chi connectivity index (χ1) is 9.23. The summed E-state index contributed by atoms with van der Waals surface area (Å²) in [5, 5.41) is 10.5. The molecule has 116 valence electrons. The average Bonchev–Trinajstić information content (AvgIpc) is 2.71. The number of rotatable bonds is 3. The lowest BCUT2D eigenvalue weighted by Gasteiger charge is -2.47. The predicted octanol–water partition coefficient (Wildman–Crippen LogP) is 3.71. The Kier molecular flexibility index (Phi) is 4.66. The third-order valence-corrected chi connectivity index (χ3v) is 6.05. The monoisotopic (exact) mass is 279 g/mol. The van der Waals surface area contributed by atoms with Crippen LogP contribution in [0.1, 0.15) is 53.9 Å². The van der Waals surface area contributed by atoms with Crippen LogP contribution >= 0.6 is 0 Å². The zero-order chi connectivity index (χ0) is 15.1. The molecule has 1 saturated heterocycles. The van der Waals surface area contributed by atoms with Crippen LogP contribution in [0, 0.1) is 23.7 Å². The van der Waals surface area contributed by atoms with Gasteiger partial charge in [-0.1, -0.05) is 32.4 Å². The molecule has 0 aromatic heterocycles. The second kappa shape index (κ2) is 5.81. The zero-order valence-corrected chi connectivity index (χ0v) is 14.0. The molecule has 2 rings (SSSR count). The third-order valence-electron chi connectivity index (χ3n) is 6.05. The zero-order valence-electron chi connectivity index (χ0n) is 14.0. The van der Waals surface area contributed by atoms with Crippen LogP contribution in [0.3, 0.4) is 0 Å². The highest BCUT2D eigenvalue weighted by molar-refractivity contribution is 5.07. The lowest BCUT2D eigenvalue weighted by molar-refractivity contribution is -0.0381. The summed E-state index contributed by atoms with van der Waals surface area (Å²) in [4.78, 5) is 2.61. The van der Waals surface area contributed by atoms with E-state index in [0.717, 1.165) is 25.9 Å². The second-order valence-corrected chi connectivity index (χ2v) is 8.08. The van der Waals surface area contributed by atoms with E-state index in [4.69, 9.17) is 0 Å². The smallest absolute Gasteiger partial charge is 0.0588 e. The molecule has 2 aliphatic rings. The fourth-order valence-electron chi connectivity index (χ4n) is 4.49. The molecule has 1 saturated carbocycles. The van der Waals surface area contributed by atoms with E-state index in [1.807, 2.05) is 0 Å². The quantitative estimate of drug-likeness (QED) is 0.796. The van der Waals surface area contributed by atoms with Gasteiger partial charge in [0, 0.05) is 24.5 Å². The maximum atomic E-state index is 10.5. The van der Waals surface area contributed by atoms with Crippen LogP contribution in [0.4, 0.5) is 0 Å². The molecule has 2 fully saturated rings. The average molecular weight is 279 g/mol. The molecule has 0 aromatic carbocycles. The second-order valence-electron chi connectivity index (χ2n) is 8.08. The van der Waals surface area contributed by atoms with Crippen molar-refractivity contribution in [2.24, 2.45) is 23.7 Å². The minimum Gasteiger partial charge on any atom is -0.393 e. The van der Waals surface area contributed by atoms with Crippen LogP contribution in [0.25, 0.3) is 0 Å². The molecule has 0 amide bonds. The van der Waals surface area contributed by atoms with E-state index in [-0.39, 0.29) is 11.6 Å². The molecule has 1 N–H and O–H groups in total. The van der Waals surface area contributed by atoms with Crippen molar-refractivity contribution in [1.29, 1.82) is 0 Å². The normalized spacial score (nSPS) is 40.0. The summed E-state index contributed by atoms with van der Waals surface area (Å²) in [6.07, 6.45) is 3.27. The molecule has 0 aromatic rings. The molecule has 0 radical (unpaired) electrons. The molecule has 0 unspecified atom stereocenters. The van der Waals surface area contributed by atoms with Crippen molar-refractivity contribution in [3.05, 3.63) is 12.2 Å². The number of nitrogens with zero attached hydrogens (tertiary/aromatic N) is 1. The largest absolute Gasteiger partial charge is 0.393 e. The van der Waals surface area contributed by atoms with Crippen LogP contribution in [0.15, 0.2) is 12.2 Å². The molecule has 0 bridgehead atoms. The maximum absolute atomic E-state index is 10.5. The van der Waals surface area contributed by atoms with Crippen molar-refractivity contribution in [3.63, 3.8) is 0 Å². The predicted molar refractivity (Wildman–Crippen MR) is 85.6 cm³/mol. The molecule has 2 heteroatoms. The van der Waals surface area contributed by atoms with E-state index in [0.29, 0.717) is 23.7 Å². The Morgan fingerprint density at radius 2 is 1.85 bits per heavy atom. The Bertz CT molecular complexity index is 362. The van der Waals surface area contributed by atoms with Gasteiger partial charge in [0.05, 0.1) is 6.10 Å². The Morgan fingerprint density at radius 3 is 2.35 bits per heavy atom. The van der Waals surface area contributed by atoms with Gasteiger partial charge in [0.2, 0.25) is 0 Å². The molecule has 2 nitrogen and oxygen atoms in total. The summed E-state index contributed by atoms with van der Waals surface area (Å²) in [7, 11) is 0. The summed E-state index contributed by atoms with van der Waals surface area (Å²) in [5.41, 5.74) is 1.41. The Hall–Kier alpha value is -0.340. The first kappa shape index (κ1) is 16.0. The number of aliphatic hydroxyl groups is 1. The van der Waals surface area contributed by atoms with Crippen molar-refractivity contribution >= 4 is 0 Å². The van der Waals surface area contributed by atoms with Gasteiger partial charge in [-0.3, -0.25) is 4.90 Å². The van der Waals surface area contributed by atoms with Crippen LogP contribution in [0.5, 0.6) is 0 Å². The lowest BCUT2D eigenvalue weighted by atomic mass is 9.71. The van der Waals surface area contributed by atoms with Gasteiger partial charge >= 0.3 is 0 Å². The Labute approximate surface area is 125 Å². The minimum atomic E-state index is -0.132. The van der Waals surface area contributed by atoms with Gasteiger partial charge in [0.25, 0.3) is 0 Å². The van der Waals surface area contributed by atoms with E-state index >= 15 is 0 Å². The van der Waals surface area contributed by atoms with Crippen molar-refractivity contribution in [2.75, 3.05) is 13.1 Å². The van der Waals surface area contributed by atoms with Gasteiger partial charge in [-0.05, 0) is 51.4 Å². The van der Waals surface area contributed by atoms with Crippen molar-refractivity contribution in [1.82, 2.24) is 4.90 Å². The number of aliphatic hydroxyl groups excluding tert-OH is 1. The van der Waals surface area contributed by atoms with E-state index < -0.39 is 0 Å². The lowest BCUT2D eigenvalue weighted by Crippen LogP contribution is -2.53. The molecule has 0 spiro atoms. The third kappa shape index (κ3) is 2.96. The van der Waals surface area contributed by atoms with E-state index in [9.17, 15) is 5.11 Å². The van der Waals surface area contributed by atoms with E-state index in [1.54, 1.807) is 0 Å². The van der Waals surface area contributed by atoms with E-state index in [1.165, 1.54) is 12.0 Å². The van der Waals surface area contributed by atoms with Gasteiger partial charge in [0.15, 0.2) is 0 Å². The summed E-state index contributed by atoms with van der Waals surface area (Å²) in [6.45, 7) is 17.9. The molecule has 5 atom stereocenters. The van der Waals surface area contributed by atoms with Crippen LogP contribution < -0.4 is 0 Å². The first-order valence-corrected chi connectivity index (χ1v) is 8.32. The van der Waals surface area contributed by atoms with Gasteiger partial charge in [0.1, 0.15) is 0 Å². The number of likely N-dealkylation sites (tertiary alicyclic amines) is 1. The van der Waals surface area contributed by atoms with Gasteiger partial charge in [-0.2, -0.15) is 0 Å². The number of hydrogen-bond acceptors (Lipinski definition) is 2. The molecule has 1 aliphatic heterocycles. The first-order valence-electron chi connectivity index (χ1n) is 8.32. The highest BCUT2D eigenvalue weighted by Gasteiger charge is 2.45. The van der Waals surface area contributed by atoms with Gasteiger partial charge < -0.3 is 5.11 Å². The Morgan fingerprint density at radius 1 is 1.20 bits per heavy atom. The molecule has 1 heterocycles. The van der Waals surface area contributed by atoms with Crippen molar-refractivity contribution < 1.29 is 5.11 Å².